The number of nitrogens with zero attached hydrogens (tertiary/aromatic N) is 6. The third kappa shape index (κ3) is 3.21. The maximum absolute atomic E-state index is 5.15. The molecule has 0 aliphatic heterocycles. The van der Waals surface area contributed by atoms with Crippen LogP contribution in [0.3, 0.4) is 0 Å². The Hall–Kier alpha value is -6.53. The van der Waals surface area contributed by atoms with Crippen LogP contribution in [0.15, 0.2) is 146 Å². The molecule has 0 radical (unpaired) electrons. The molecule has 0 aliphatic rings. The van der Waals surface area contributed by atoms with Crippen molar-refractivity contribution < 1.29 is 0 Å². The Kier molecular flexibility index (Phi) is 4.75. The van der Waals surface area contributed by atoms with Crippen molar-refractivity contribution in [1.82, 2.24) is 28.5 Å². The van der Waals surface area contributed by atoms with Crippen LogP contribution >= 0.6 is 0 Å². The van der Waals surface area contributed by atoms with Gasteiger partial charge < -0.3 is 9.13 Å². The number of para-hydroxylation sites is 3. The molecule has 0 atom stereocenters. The van der Waals surface area contributed by atoms with Crippen molar-refractivity contribution in [1.29, 1.82) is 0 Å². The van der Waals surface area contributed by atoms with E-state index in [2.05, 4.69) is 134 Å². The summed E-state index contributed by atoms with van der Waals surface area (Å²) in [7, 11) is 0. The van der Waals surface area contributed by atoms with Crippen LogP contribution in [0, 0.1) is 0 Å². The molecule has 47 heavy (non-hydrogen) atoms. The fraction of sp³-hybridized carbons (Fsp3) is 0. The Balaban J connectivity index is 1.42. The van der Waals surface area contributed by atoms with Gasteiger partial charge >= 0.3 is 0 Å². The van der Waals surface area contributed by atoms with Crippen LogP contribution in [0.4, 0.5) is 0 Å². The van der Waals surface area contributed by atoms with Crippen LogP contribution in [0.25, 0.3) is 93.5 Å². The Morgan fingerprint density at radius 2 is 1.11 bits per heavy atom. The van der Waals surface area contributed by atoms with Crippen LogP contribution in [0.1, 0.15) is 0 Å². The number of benzene rings is 5. The highest BCUT2D eigenvalue weighted by molar-refractivity contribution is 6.31. The molecule has 0 spiro atoms. The summed E-state index contributed by atoms with van der Waals surface area (Å²) in [5.41, 5.74) is 10.6. The molecule has 6 nitrogen and oxygen atoms in total. The van der Waals surface area contributed by atoms with E-state index < -0.39 is 0 Å². The molecule has 11 rings (SSSR count). The lowest BCUT2D eigenvalue weighted by molar-refractivity contribution is 1.17. The quantitative estimate of drug-likeness (QED) is 0.186. The first-order chi connectivity index (χ1) is 23.3. The first-order valence-electron chi connectivity index (χ1n) is 15.8. The number of pyridine rings is 3. The molecule has 6 heterocycles. The van der Waals surface area contributed by atoms with Crippen LogP contribution in [-0.2, 0) is 0 Å². The molecule has 5 aromatic carbocycles. The van der Waals surface area contributed by atoms with Crippen molar-refractivity contribution in [3.63, 3.8) is 0 Å². The molecule has 0 aliphatic carbocycles. The largest absolute Gasteiger partial charge is 0.309 e. The monoisotopic (exact) mass is 600 g/mol. The minimum Gasteiger partial charge on any atom is -0.309 e. The maximum atomic E-state index is 5.15. The van der Waals surface area contributed by atoms with Gasteiger partial charge in [0.2, 0.25) is 0 Å². The fourth-order valence-electron chi connectivity index (χ4n) is 7.84. The summed E-state index contributed by atoms with van der Waals surface area (Å²) in [5.74, 6) is 0. The highest BCUT2D eigenvalue weighted by atomic mass is 15.1. The Morgan fingerprint density at radius 3 is 1.89 bits per heavy atom. The summed E-state index contributed by atoms with van der Waals surface area (Å²) in [6.45, 7) is 0. The van der Waals surface area contributed by atoms with E-state index >= 15 is 0 Å². The molecule has 0 N–H and O–H groups in total. The van der Waals surface area contributed by atoms with Gasteiger partial charge in [0, 0.05) is 56.1 Å². The van der Waals surface area contributed by atoms with E-state index in [-0.39, 0.29) is 0 Å². The third-order valence-electron chi connectivity index (χ3n) is 9.72. The summed E-state index contributed by atoms with van der Waals surface area (Å²) >= 11 is 0. The number of rotatable bonds is 2. The van der Waals surface area contributed by atoms with Crippen molar-refractivity contribution >= 4 is 82.1 Å². The van der Waals surface area contributed by atoms with Gasteiger partial charge in [0.25, 0.3) is 0 Å². The summed E-state index contributed by atoms with van der Waals surface area (Å²) in [6, 6.07) is 45.6. The van der Waals surface area contributed by atoms with Gasteiger partial charge in [-0.05, 0) is 78.2 Å². The van der Waals surface area contributed by atoms with Gasteiger partial charge in [0.15, 0.2) is 0 Å². The van der Waals surface area contributed by atoms with E-state index in [4.69, 9.17) is 9.97 Å². The van der Waals surface area contributed by atoms with Crippen molar-refractivity contribution in [3.05, 3.63) is 146 Å². The second-order valence-electron chi connectivity index (χ2n) is 12.1. The summed E-state index contributed by atoms with van der Waals surface area (Å²) in [5, 5.41) is 8.20. The van der Waals surface area contributed by atoms with Gasteiger partial charge in [-0.25, -0.2) is 9.97 Å². The second kappa shape index (κ2) is 9.02. The number of imidazole rings is 1. The predicted octanol–water partition coefficient (Wildman–Crippen LogP) is 9.78. The zero-order chi connectivity index (χ0) is 30.6. The standard InChI is InChI=1S/C41H24N6/c1-3-10-25(11-4-1)45-33-16-8-7-14-28(33)38-35(45)17-18-36-39(38)31-22-30-29(23-37(31)46(36)26-12-5-2-6-13-26)27-15-9-20-43-40(27)47-34-19-21-42-24-32(34)44-41(30)47/h1-24H. The molecular weight excluding hydrogens is 576 g/mol. The summed E-state index contributed by atoms with van der Waals surface area (Å²) in [6.07, 6.45) is 5.52. The van der Waals surface area contributed by atoms with Crippen LogP contribution in [0.2, 0.25) is 0 Å². The van der Waals surface area contributed by atoms with E-state index in [1.807, 2.05) is 30.7 Å². The zero-order valence-corrected chi connectivity index (χ0v) is 25.0. The van der Waals surface area contributed by atoms with Gasteiger partial charge in [-0.2, -0.15) is 0 Å². The molecule has 0 bridgehead atoms. The SMILES string of the molecule is c1ccc(-n2c3ccccc3c3c4c5cc6c(cc5n(-c5ccccc5)c4ccc32)c2cccnc2n2c3ccncc3nc62)cc1. The van der Waals surface area contributed by atoms with E-state index in [1.54, 1.807) is 0 Å². The first kappa shape index (κ1) is 24.8. The van der Waals surface area contributed by atoms with Crippen LogP contribution in [-0.4, -0.2) is 28.5 Å². The summed E-state index contributed by atoms with van der Waals surface area (Å²) < 4.78 is 6.99. The van der Waals surface area contributed by atoms with Crippen molar-refractivity contribution in [2.45, 2.75) is 0 Å². The Bertz CT molecular complexity index is 3060. The Labute approximate surface area is 267 Å². The van der Waals surface area contributed by atoms with E-state index in [0.717, 1.165) is 55.4 Å². The van der Waals surface area contributed by atoms with Crippen molar-refractivity contribution in [2.75, 3.05) is 0 Å². The highest BCUT2D eigenvalue weighted by Crippen LogP contribution is 2.44. The van der Waals surface area contributed by atoms with Crippen molar-refractivity contribution in [3.8, 4) is 11.4 Å². The lowest BCUT2D eigenvalue weighted by Crippen LogP contribution is -1.96. The molecular formula is C41H24N6. The van der Waals surface area contributed by atoms with Crippen LogP contribution < -0.4 is 0 Å². The number of hydrogen-bond acceptors (Lipinski definition) is 3. The smallest absolute Gasteiger partial charge is 0.147 e. The topological polar surface area (TPSA) is 52.9 Å². The molecule has 6 heteroatoms. The molecule has 11 aromatic rings. The lowest BCUT2D eigenvalue weighted by Gasteiger charge is -2.11. The second-order valence-corrected chi connectivity index (χ2v) is 12.1. The first-order valence-corrected chi connectivity index (χ1v) is 15.8. The summed E-state index contributed by atoms with van der Waals surface area (Å²) in [4.78, 5) is 14.4. The van der Waals surface area contributed by atoms with Gasteiger partial charge in [-0.1, -0.05) is 54.6 Å². The number of hydrogen-bond donors (Lipinski definition) is 0. The third-order valence-corrected chi connectivity index (χ3v) is 9.72. The molecule has 218 valence electrons. The van der Waals surface area contributed by atoms with Gasteiger partial charge in [-0.3, -0.25) is 9.38 Å². The van der Waals surface area contributed by atoms with E-state index in [1.165, 1.54) is 38.1 Å². The molecule has 0 amide bonds. The predicted molar refractivity (Wildman–Crippen MR) is 192 cm³/mol. The molecule has 0 saturated carbocycles. The van der Waals surface area contributed by atoms with E-state index in [9.17, 15) is 0 Å². The van der Waals surface area contributed by atoms with Gasteiger partial charge in [0.1, 0.15) is 16.8 Å². The molecule has 0 saturated heterocycles. The minimum absolute atomic E-state index is 0.854. The van der Waals surface area contributed by atoms with Gasteiger partial charge in [0.05, 0.1) is 33.8 Å². The number of fused-ring (bicyclic) bond motifs is 15. The fourth-order valence-corrected chi connectivity index (χ4v) is 7.84. The highest BCUT2D eigenvalue weighted by Gasteiger charge is 2.23. The van der Waals surface area contributed by atoms with Crippen molar-refractivity contribution in [2.24, 2.45) is 0 Å². The van der Waals surface area contributed by atoms with E-state index in [0.29, 0.717) is 0 Å². The lowest BCUT2D eigenvalue weighted by atomic mass is 10.0. The Morgan fingerprint density at radius 1 is 0.426 bits per heavy atom. The average Bonchev–Trinajstić information content (AvgIpc) is 3.79. The van der Waals surface area contributed by atoms with Crippen LogP contribution in [0.5, 0.6) is 0 Å². The zero-order valence-electron chi connectivity index (χ0n) is 25.0. The molecule has 0 fully saturated rings. The minimum atomic E-state index is 0.854. The molecule has 0 unspecified atom stereocenters. The van der Waals surface area contributed by atoms with Gasteiger partial charge in [-0.15, -0.1) is 0 Å². The number of aromatic nitrogens is 6. The average molecular weight is 601 g/mol. The molecule has 6 aromatic heterocycles. The maximum Gasteiger partial charge on any atom is 0.147 e. The normalized spacial score (nSPS) is 12.3.